The molecule has 1 aromatic carbocycles. The summed E-state index contributed by atoms with van der Waals surface area (Å²) >= 11 is 16.5. The van der Waals surface area contributed by atoms with E-state index < -0.39 is 12.0 Å². The third-order valence-electron chi connectivity index (χ3n) is 5.48. The number of carboxylic acids is 1. The lowest BCUT2D eigenvalue weighted by Gasteiger charge is -2.31. The summed E-state index contributed by atoms with van der Waals surface area (Å²) in [4.78, 5) is 42.9. The van der Waals surface area contributed by atoms with Crippen LogP contribution in [0, 0.1) is 5.92 Å². The molecule has 1 saturated heterocycles. The fourth-order valence-electron chi connectivity index (χ4n) is 3.56. The number of carboxylic acid groups (broad SMARTS) is 1. The van der Waals surface area contributed by atoms with Crippen molar-refractivity contribution in [1.29, 1.82) is 0 Å². The summed E-state index contributed by atoms with van der Waals surface area (Å²) in [5.41, 5.74) is 1.38. The number of carbonyl (C=O) groups is 3. The van der Waals surface area contributed by atoms with E-state index in [9.17, 15) is 19.5 Å². The number of halogens is 2. The number of benzene rings is 1. The average Bonchev–Trinajstić information content (AvgIpc) is 2.82. The molecule has 0 saturated carbocycles. The molecule has 2 aromatic rings. The minimum atomic E-state index is -1.09. The first-order chi connectivity index (χ1) is 15.8. The summed E-state index contributed by atoms with van der Waals surface area (Å²) < 4.78 is 0. The Morgan fingerprint density at radius 1 is 1.15 bits per heavy atom. The van der Waals surface area contributed by atoms with Gasteiger partial charge in [-0.15, -0.1) is 12.6 Å². The van der Waals surface area contributed by atoms with Gasteiger partial charge in [0.25, 0.3) is 0 Å². The maximum Gasteiger partial charge on any atom is 0.326 e. The monoisotopic (exact) mass is 507 g/mol. The van der Waals surface area contributed by atoms with Gasteiger partial charge < -0.3 is 15.3 Å². The molecule has 1 aromatic heterocycles. The van der Waals surface area contributed by atoms with Crippen LogP contribution in [-0.4, -0.2) is 51.9 Å². The van der Waals surface area contributed by atoms with Gasteiger partial charge >= 0.3 is 5.97 Å². The normalized spacial score (nSPS) is 15.4. The number of nitrogens with one attached hydrogen (secondary N) is 1. The Bertz CT molecular complexity index is 1060. The van der Waals surface area contributed by atoms with Crippen LogP contribution < -0.4 is 5.32 Å². The molecule has 1 fully saturated rings. The standard InChI is InChI=1S/C23H23Cl2N3O4S/c24-20-15(1-3-18(33)21(20)25)2-4-19(29)28-11-7-16(8-12-28)22(30)27-17(23(31)32)13-14-5-9-26-10-6-14/h1-6,9-10,16-17,33H,7-8,11-13H2,(H,27,30)(H,31,32)/b4-2+/t17-/m0/s1. The van der Waals surface area contributed by atoms with Crippen molar-refractivity contribution in [2.75, 3.05) is 13.1 Å². The van der Waals surface area contributed by atoms with Gasteiger partial charge in [-0.3, -0.25) is 14.6 Å². The average molecular weight is 508 g/mol. The Labute approximate surface area is 207 Å². The van der Waals surface area contributed by atoms with E-state index in [1.807, 2.05) is 0 Å². The Morgan fingerprint density at radius 3 is 2.45 bits per heavy atom. The van der Waals surface area contributed by atoms with Gasteiger partial charge in [0, 0.05) is 48.8 Å². The second kappa shape index (κ2) is 11.5. The smallest absolute Gasteiger partial charge is 0.326 e. The van der Waals surface area contributed by atoms with Crippen molar-refractivity contribution in [1.82, 2.24) is 15.2 Å². The predicted octanol–water partition coefficient (Wildman–Crippen LogP) is 3.74. The van der Waals surface area contributed by atoms with Crippen molar-refractivity contribution in [3.8, 4) is 0 Å². The summed E-state index contributed by atoms with van der Waals surface area (Å²) in [5, 5.41) is 12.8. The number of amides is 2. The number of pyridine rings is 1. The number of carbonyl (C=O) groups excluding carboxylic acids is 2. The van der Waals surface area contributed by atoms with Crippen LogP contribution in [0.3, 0.4) is 0 Å². The van der Waals surface area contributed by atoms with Gasteiger partial charge in [-0.25, -0.2) is 4.79 Å². The van der Waals surface area contributed by atoms with Gasteiger partial charge in [0.15, 0.2) is 0 Å². The van der Waals surface area contributed by atoms with Crippen molar-refractivity contribution in [2.24, 2.45) is 5.92 Å². The van der Waals surface area contributed by atoms with Crippen LogP contribution in [-0.2, 0) is 20.8 Å². The number of thiol groups is 1. The number of aromatic nitrogens is 1. The van der Waals surface area contributed by atoms with Gasteiger partial charge in [0.1, 0.15) is 6.04 Å². The van der Waals surface area contributed by atoms with Crippen LogP contribution in [0.1, 0.15) is 24.0 Å². The third-order valence-corrected chi connectivity index (χ3v) is 6.88. The van der Waals surface area contributed by atoms with E-state index in [1.54, 1.807) is 47.6 Å². The lowest BCUT2D eigenvalue weighted by atomic mass is 9.95. The molecular weight excluding hydrogens is 485 g/mol. The van der Waals surface area contributed by atoms with Crippen LogP contribution in [0.4, 0.5) is 0 Å². The largest absolute Gasteiger partial charge is 0.480 e. The van der Waals surface area contributed by atoms with Crippen LogP contribution in [0.15, 0.2) is 47.6 Å². The number of aliphatic carboxylic acids is 1. The molecule has 1 aliphatic rings. The van der Waals surface area contributed by atoms with E-state index in [0.29, 0.717) is 46.4 Å². The third kappa shape index (κ3) is 6.72. The fraction of sp³-hybridized carbons (Fsp3) is 0.304. The Balaban J connectivity index is 1.53. The summed E-state index contributed by atoms with van der Waals surface area (Å²) in [7, 11) is 0. The predicted molar refractivity (Wildman–Crippen MR) is 130 cm³/mol. The second-order valence-corrected chi connectivity index (χ2v) is 8.93. The summed E-state index contributed by atoms with van der Waals surface area (Å²) in [6, 6.07) is 5.83. The first kappa shape index (κ1) is 25.1. The first-order valence-corrected chi connectivity index (χ1v) is 11.5. The van der Waals surface area contributed by atoms with E-state index in [2.05, 4.69) is 22.9 Å². The highest BCUT2D eigenvalue weighted by Crippen LogP contribution is 2.32. The van der Waals surface area contributed by atoms with Crippen LogP contribution in [0.25, 0.3) is 6.08 Å². The quantitative estimate of drug-likeness (QED) is 0.391. The van der Waals surface area contributed by atoms with Gasteiger partial charge in [0.2, 0.25) is 11.8 Å². The van der Waals surface area contributed by atoms with E-state index in [1.165, 1.54) is 6.08 Å². The molecule has 33 heavy (non-hydrogen) atoms. The molecule has 2 N–H and O–H groups in total. The maximum atomic E-state index is 12.6. The van der Waals surface area contributed by atoms with Gasteiger partial charge in [-0.2, -0.15) is 0 Å². The van der Waals surface area contributed by atoms with E-state index >= 15 is 0 Å². The van der Waals surface area contributed by atoms with Crippen molar-refractivity contribution < 1.29 is 19.5 Å². The number of hydrogen-bond donors (Lipinski definition) is 3. The van der Waals surface area contributed by atoms with Gasteiger partial charge in [-0.05, 0) is 48.2 Å². The van der Waals surface area contributed by atoms with Crippen LogP contribution >= 0.6 is 35.8 Å². The molecule has 0 bridgehead atoms. The Kier molecular flexibility index (Phi) is 8.77. The van der Waals surface area contributed by atoms with Crippen molar-refractivity contribution in [3.05, 3.63) is 63.9 Å². The van der Waals surface area contributed by atoms with E-state index in [0.717, 1.165) is 5.56 Å². The van der Waals surface area contributed by atoms with E-state index in [-0.39, 0.29) is 24.2 Å². The van der Waals surface area contributed by atoms with Crippen molar-refractivity contribution in [3.63, 3.8) is 0 Å². The van der Waals surface area contributed by atoms with Crippen LogP contribution in [0.5, 0.6) is 0 Å². The van der Waals surface area contributed by atoms with Crippen molar-refractivity contribution >= 4 is 59.7 Å². The van der Waals surface area contributed by atoms with E-state index in [4.69, 9.17) is 23.2 Å². The maximum absolute atomic E-state index is 12.6. The minimum Gasteiger partial charge on any atom is -0.480 e. The minimum absolute atomic E-state index is 0.173. The zero-order valence-electron chi connectivity index (χ0n) is 17.6. The molecule has 1 aliphatic heterocycles. The zero-order valence-corrected chi connectivity index (χ0v) is 20.0. The number of hydrogen-bond acceptors (Lipinski definition) is 5. The highest BCUT2D eigenvalue weighted by atomic mass is 35.5. The number of nitrogens with zero attached hydrogens (tertiary/aromatic N) is 2. The lowest BCUT2D eigenvalue weighted by Crippen LogP contribution is -2.48. The van der Waals surface area contributed by atoms with Crippen molar-refractivity contribution in [2.45, 2.75) is 30.2 Å². The molecule has 2 amide bonds. The molecule has 0 aliphatic carbocycles. The summed E-state index contributed by atoms with van der Waals surface area (Å²) in [5.74, 6) is -1.96. The summed E-state index contributed by atoms with van der Waals surface area (Å²) in [6.45, 7) is 0.792. The zero-order chi connectivity index (χ0) is 24.0. The molecule has 2 heterocycles. The number of piperidine rings is 1. The van der Waals surface area contributed by atoms with Gasteiger partial charge in [0.05, 0.1) is 10.0 Å². The topological polar surface area (TPSA) is 99.6 Å². The molecule has 174 valence electrons. The highest BCUT2D eigenvalue weighted by molar-refractivity contribution is 7.80. The molecule has 1 atom stereocenters. The van der Waals surface area contributed by atoms with Gasteiger partial charge in [-0.1, -0.05) is 29.3 Å². The Hall–Kier alpha value is -2.55. The Morgan fingerprint density at radius 2 is 1.82 bits per heavy atom. The molecule has 0 spiro atoms. The molecule has 0 radical (unpaired) electrons. The number of rotatable bonds is 7. The first-order valence-electron chi connectivity index (χ1n) is 10.3. The second-order valence-electron chi connectivity index (χ2n) is 7.69. The fourth-order valence-corrected chi connectivity index (χ4v) is 4.21. The lowest BCUT2D eigenvalue weighted by molar-refractivity contribution is -0.142. The SMILES string of the molecule is O=C(N[C@@H](Cc1ccncc1)C(=O)O)C1CCN(C(=O)/C=C/c2ccc(S)c(Cl)c2Cl)CC1. The highest BCUT2D eigenvalue weighted by Gasteiger charge is 2.29. The molecular formula is C23H23Cl2N3O4S. The molecule has 3 rings (SSSR count). The molecule has 7 nitrogen and oxygen atoms in total. The molecule has 0 unspecified atom stereocenters. The summed E-state index contributed by atoms with van der Waals surface area (Å²) in [6.07, 6.45) is 7.25. The number of likely N-dealkylation sites (tertiary alicyclic amines) is 1. The molecule has 10 heteroatoms. The van der Waals surface area contributed by atoms with Crippen LogP contribution in [0.2, 0.25) is 10.0 Å².